The van der Waals surface area contributed by atoms with Crippen LogP contribution in [0.3, 0.4) is 0 Å². The summed E-state index contributed by atoms with van der Waals surface area (Å²) in [6, 6.07) is 0. The Morgan fingerprint density at radius 1 is 1.40 bits per heavy atom. The van der Waals surface area contributed by atoms with Gasteiger partial charge < -0.3 is 4.74 Å². The highest BCUT2D eigenvalue weighted by atomic mass is 29.2. The predicted octanol–water partition coefficient (Wildman–Crippen LogP) is 0.665. The third-order valence-electron chi connectivity index (χ3n) is 2.01. The van der Waals surface area contributed by atoms with Crippen LogP contribution in [0, 0.1) is 0 Å². The van der Waals surface area contributed by atoms with Crippen LogP contribution in [-0.4, -0.2) is 29.7 Å². The van der Waals surface area contributed by atoms with Gasteiger partial charge in [-0.05, 0) is 19.3 Å². The van der Waals surface area contributed by atoms with Crippen molar-refractivity contribution in [2.24, 2.45) is 0 Å². The molecule has 0 bridgehead atoms. The standard InChI is InChI=1S/C7H18OSi2/c1-10(2)9-7-5-3-4-6-8-7/h7,10H,3-6,9H2,1-2H3. The molecule has 0 spiro atoms. The van der Waals surface area contributed by atoms with Crippen LogP contribution >= 0.6 is 0 Å². The van der Waals surface area contributed by atoms with Crippen LogP contribution in [0.4, 0.5) is 0 Å². The van der Waals surface area contributed by atoms with E-state index >= 15 is 0 Å². The Balaban J connectivity index is 2.13. The molecule has 0 aromatic rings. The summed E-state index contributed by atoms with van der Waals surface area (Å²) >= 11 is 0. The summed E-state index contributed by atoms with van der Waals surface area (Å²) < 4.78 is 5.69. The van der Waals surface area contributed by atoms with Crippen molar-refractivity contribution in [2.45, 2.75) is 38.1 Å². The quantitative estimate of drug-likeness (QED) is 0.559. The molecule has 0 saturated carbocycles. The number of rotatable bonds is 2. The first-order chi connectivity index (χ1) is 4.79. The maximum atomic E-state index is 5.69. The van der Waals surface area contributed by atoms with Crippen LogP contribution in [0.2, 0.25) is 13.1 Å². The predicted molar refractivity (Wildman–Crippen MR) is 51.0 cm³/mol. The van der Waals surface area contributed by atoms with Crippen molar-refractivity contribution in [2.75, 3.05) is 6.61 Å². The van der Waals surface area contributed by atoms with Gasteiger partial charge in [0.25, 0.3) is 0 Å². The molecular weight excluding hydrogens is 156 g/mol. The molecule has 1 aliphatic heterocycles. The summed E-state index contributed by atoms with van der Waals surface area (Å²) in [4.78, 5) is 0. The Bertz CT molecular complexity index is 89.6. The van der Waals surface area contributed by atoms with Gasteiger partial charge in [0.15, 0.2) is 0 Å². The molecular formula is C7H18OSi2. The Hall–Kier alpha value is 0.394. The van der Waals surface area contributed by atoms with Crippen LogP contribution in [0.25, 0.3) is 0 Å². The van der Waals surface area contributed by atoms with Crippen LogP contribution in [-0.2, 0) is 4.74 Å². The van der Waals surface area contributed by atoms with E-state index < -0.39 is 0 Å². The maximum absolute atomic E-state index is 5.69. The van der Waals surface area contributed by atoms with E-state index in [4.69, 9.17) is 4.74 Å². The summed E-state index contributed by atoms with van der Waals surface area (Å²) in [5.74, 6) is 0. The zero-order valence-electron chi connectivity index (χ0n) is 7.10. The Kier molecular flexibility index (Phi) is 3.66. The largest absolute Gasteiger partial charge is 0.383 e. The fourth-order valence-electron chi connectivity index (χ4n) is 1.52. The van der Waals surface area contributed by atoms with Gasteiger partial charge in [-0.1, -0.05) is 13.1 Å². The van der Waals surface area contributed by atoms with Gasteiger partial charge >= 0.3 is 0 Å². The molecule has 1 heterocycles. The Morgan fingerprint density at radius 2 is 2.20 bits per heavy atom. The summed E-state index contributed by atoms with van der Waals surface area (Å²) in [6.07, 6.45) is 4.13. The fraction of sp³-hybridized carbons (Fsp3) is 1.00. The van der Waals surface area contributed by atoms with Gasteiger partial charge in [0.2, 0.25) is 0 Å². The summed E-state index contributed by atoms with van der Waals surface area (Å²) in [5.41, 5.74) is 0.778. The topological polar surface area (TPSA) is 9.23 Å². The van der Waals surface area contributed by atoms with Crippen molar-refractivity contribution >= 4 is 17.4 Å². The minimum Gasteiger partial charge on any atom is -0.383 e. The number of hydrogen-bond donors (Lipinski definition) is 0. The summed E-state index contributed by atoms with van der Waals surface area (Å²) in [7, 11) is -0.0129. The Labute approximate surface area is 67.4 Å². The van der Waals surface area contributed by atoms with E-state index in [1.807, 2.05) is 0 Å². The van der Waals surface area contributed by atoms with Crippen LogP contribution in [0.5, 0.6) is 0 Å². The van der Waals surface area contributed by atoms with Crippen molar-refractivity contribution < 1.29 is 4.74 Å². The van der Waals surface area contributed by atoms with Crippen LogP contribution in [0.1, 0.15) is 19.3 Å². The minimum atomic E-state index is -0.230. The second-order valence-corrected chi connectivity index (χ2v) is 14.1. The highest BCUT2D eigenvalue weighted by Crippen LogP contribution is 2.11. The van der Waals surface area contributed by atoms with E-state index in [0.29, 0.717) is 0 Å². The molecule has 1 rings (SSSR count). The fourth-order valence-corrected chi connectivity index (χ4v) is 7.67. The van der Waals surface area contributed by atoms with Gasteiger partial charge in [-0.2, -0.15) is 0 Å². The highest BCUT2D eigenvalue weighted by molar-refractivity contribution is 7.11. The molecule has 0 aromatic heterocycles. The molecule has 1 atom stereocenters. The molecule has 1 fully saturated rings. The highest BCUT2D eigenvalue weighted by Gasteiger charge is 2.15. The molecule has 3 heteroatoms. The molecule has 0 N–H and O–H groups in total. The first kappa shape index (κ1) is 8.49. The molecule has 10 heavy (non-hydrogen) atoms. The van der Waals surface area contributed by atoms with Gasteiger partial charge in [-0.3, -0.25) is 0 Å². The summed E-state index contributed by atoms with van der Waals surface area (Å²) in [6.45, 7) is 5.98. The minimum absolute atomic E-state index is 0.217. The zero-order valence-corrected chi connectivity index (χ0v) is 9.67. The molecule has 0 radical (unpaired) electrons. The van der Waals surface area contributed by atoms with Crippen molar-refractivity contribution in [3.8, 4) is 0 Å². The van der Waals surface area contributed by atoms with Gasteiger partial charge in [0.05, 0.1) is 0 Å². The van der Waals surface area contributed by atoms with Gasteiger partial charge in [0.1, 0.15) is 0 Å². The van der Waals surface area contributed by atoms with Crippen LogP contribution < -0.4 is 0 Å². The number of hydrogen-bond acceptors (Lipinski definition) is 1. The lowest BCUT2D eigenvalue weighted by atomic mass is 10.2. The first-order valence-electron chi connectivity index (χ1n) is 4.40. The average Bonchev–Trinajstić information content (AvgIpc) is 1.88. The molecule has 1 saturated heterocycles. The lowest BCUT2D eigenvalue weighted by Crippen LogP contribution is -2.32. The lowest BCUT2D eigenvalue weighted by Gasteiger charge is -2.23. The molecule has 60 valence electrons. The van der Waals surface area contributed by atoms with E-state index in [2.05, 4.69) is 13.1 Å². The molecule has 0 aromatic carbocycles. The van der Waals surface area contributed by atoms with Crippen LogP contribution in [0.15, 0.2) is 0 Å². The molecule has 1 unspecified atom stereocenters. The average molecular weight is 174 g/mol. The normalized spacial score (nSPS) is 28.5. The number of ether oxygens (including phenoxy) is 1. The van der Waals surface area contributed by atoms with E-state index in [1.54, 1.807) is 0 Å². The van der Waals surface area contributed by atoms with E-state index in [1.165, 1.54) is 19.3 Å². The van der Waals surface area contributed by atoms with Crippen molar-refractivity contribution in [1.82, 2.24) is 0 Å². The van der Waals surface area contributed by atoms with Gasteiger partial charge in [-0.15, -0.1) is 0 Å². The monoisotopic (exact) mass is 174 g/mol. The molecule has 1 aliphatic rings. The Morgan fingerprint density at radius 3 is 2.70 bits per heavy atom. The molecule has 1 nitrogen and oxygen atoms in total. The molecule has 0 aliphatic carbocycles. The second kappa shape index (κ2) is 4.31. The van der Waals surface area contributed by atoms with Crippen molar-refractivity contribution in [1.29, 1.82) is 0 Å². The smallest absolute Gasteiger partial charge is 0.0468 e. The summed E-state index contributed by atoms with van der Waals surface area (Å²) in [5, 5.41) is 0. The van der Waals surface area contributed by atoms with Gasteiger partial charge in [-0.25, -0.2) is 0 Å². The second-order valence-electron chi connectivity index (χ2n) is 3.62. The van der Waals surface area contributed by atoms with E-state index in [0.717, 1.165) is 12.3 Å². The SMILES string of the molecule is C[SiH](C)[SiH2]C1CCCCO1. The van der Waals surface area contributed by atoms with Gasteiger partial charge in [0, 0.05) is 29.7 Å². The van der Waals surface area contributed by atoms with Crippen molar-refractivity contribution in [3.63, 3.8) is 0 Å². The lowest BCUT2D eigenvalue weighted by molar-refractivity contribution is 0.0665. The zero-order chi connectivity index (χ0) is 7.40. The third-order valence-corrected chi connectivity index (χ3v) is 8.53. The molecule has 0 amide bonds. The van der Waals surface area contributed by atoms with E-state index in [9.17, 15) is 0 Å². The first-order valence-corrected chi connectivity index (χ1v) is 10.8. The third kappa shape index (κ3) is 2.99. The van der Waals surface area contributed by atoms with E-state index in [-0.39, 0.29) is 17.4 Å². The maximum Gasteiger partial charge on any atom is 0.0468 e. The van der Waals surface area contributed by atoms with Crippen molar-refractivity contribution in [3.05, 3.63) is 0 Å².